The summed E-state index contributed by atoms with van der Waals surface area (Å²) in [6, 6.07) is 5.92. The van der Waals surface area contributed by atoms with Gasteiger partial charge in [-0.2, -0.15) is 4.37 Å². The Hall–Kier alpha value is -1.82. The molecule has 0 saturated carbocycles. The van der Waals surface area contributed by atoms with Crippen LogP contribution in [0.4, 0.5) is 10.8 Å². The number of nitrogen functional groups attached to an aromatic ring is 1. The summed E-state index contributed by atoms with van der Waals surface area (Å²) in [5.41, 5.74) is 7.64. The second-order valence-corrected chi connectivity index (χ2v) is 4.33. The Morgan fingerprint density at radius 1 is 1.47 bits per heavy atom. The minimum Gasteiger partial charge on any atom is -0.490 e. The summed E-state index contributed by atoms with van der Waals surface area (Å²) in [5.74, 6) is 1.01. The lowest BCUT2D eigenvalue weighted by Gasteiger charge is -2.06. The van der Waals surface area contributed by atoms with Crippen molar-refractivity contribution < 1.29 is 4.74 Å². The van der Waals surface area contributed by atoms with Crippen LogP contribution in [0.25, 0.3) is 0 Å². The van der Waals surface area contributed by atoms with Crippen molar-refractivity contribution in [2.75, 3.05) is 18.2 Å². The van der Waals surface area contributed by atoms with Crippen LogP contribution < -0.4 is 15.8 Å². The van der Waals surface area contributed by atoms with E-state index in [0.717, 1.165) is 16.4 Å². The van der Waals surface area contributed by atoms with Gasteiger partial charge < -0.3 is 15.8 Å². The van der Waals surface area contributed by atoms with Crippen LogP contribution >= 0.6 is 11.5 Å². The quantitative estimate of drug-likeness (QED) is 0.868. The highest BCUT2D eigenvalue weighted by atomic mass is 32.1. The fourth-order valence-corrected chi connectivity index (χ4v) is 2.15. The van der Waals surface area contributed by atoms with Crippen molar-refractivity contribution >= 4 is 22.4 Å². The Bertz CT molecular complexity index is 512. The average Bonchev–Trinajstić information content (AvgIpc) is 2.67. The lowest BCUT2D eigenvalue weighted by atomic mass is 10.3. The van der Waals surface area contributed by atoms with Gasteiger partial charge in [0.2, 0.25) is 0 Å². The van der Waals surface area contributed by atoms with Gasteiger partial charge in [-0.05, 0) is 30.6 Å². The van der Waals surface area contributed by atoms with Gasteiger partial charge in [-0.25, -0.2) is 0 Å². The number of hydrogen-bond donors (Lipinski definition) is 2. The Morgan fingerprint density at radius 3 is 3.00 bits per heavy atom. The molecule has 0 aliphatic carbocycles. The Morgan fingerprint density at radius 2 is 2.29 bits per heavy atom. The zero-order valence-electron chi connectivity index (χ0n) is 9.73. The monoisotopic (exact) mass is 250 g/mol. The van der Waals surface area contributed by atoms with Gasteiger partial charge in [0.25, 0.3) is 0 Å². The zero-order valence-corrected chi connectivity index (χ0v) is 10.5. The third-order valence-electron chi connectivity index (χ3n) is 2.25. The predicted molar refractivity (Wildman–Crippen MR) is 69.4 cm³/mol. The molecule has 6 heteroatoms. The van der Waals surface area contributed by atoms with Gasteiger partial charge in [-0.1, -0.05) is 6.07 Å². The molecule has 0 fully saturated rings. The molecule has 2 aromatic rings. The number of nitrogens with zero attached hydrogens (tertiary/aromatic N) is 2. The number of aromatic nitrogens is 2. The molecule has 0 amide bonds. The van der Waals surface area contributed by atoms with Crippen molar-refractivity contribution in [3.05, 3.63) is 29.6 Å². The first-order chi connectivity index (χ1) is 8.20. The first-order valence-electron chi connectivity index (χ1n) is 5.16. The smallest absolute Gasteiger partial charge is 0.197 e. The molecule has 3 N–H and O–H groups in total. The molecule has 0 bridgehead atoms. The van der Waals surface area contributed by atoms with Crippen molar-refractivity contribution in [1.29, 1.82) is 0 Å². The molecule has 0 saturated heterocycles. The minimum absolute atomic E-state index is 0.414. The van der Waals surface area contributed by atoms with Crippen LogP contribution in [0.3, 0.4) is 0 Å². The maximum atomic E-state index is 5.66. The number of hydrogen-bond acceptors (Lipinski definition) is 6. The van der Waals surface area contributed by atoms with Gasteiger partial charge in [0.05, 0.1) is 19.3 Å². The Balaban J connectivity index is 2.07. The highest BCUT2D eigenvalue weighted by molar-refractivity contribution is 7.11. The summed E-state index contributed by atoms with van der Waals surface area (Å²) in [4.78, 5) is 4.40. The first-order valence-corrected chi connectivity index (χ1v) is 5.93. The van der Waals surface area contributed by atoms with Gasteiger partial charge in [0.1, 0.15) is 0 Å². The van der Waals surface area contributed by atoms with E-state index in [1.807, 2.05) is 25.1 Å². The van der Waals surface area contributed by atoms with E-state index in [1.165, 1.54) is 11.5 Å². The molecule has 0 aliphatic rings. The van der Waals surface area contributed by atoms with Crippen molar-refractivity contribution in [2.45, 2.75) is 13.5 Å². The van der Waals surface area contributed by atoms with Crippen molar-refractivity contribution in [1.82, 2.24) is 9.36 Å². The van der Waals surface area contributed by atoms with E-state index in [-0.39, 0.29) is 0 Å². The minimum atomic E-state index is 0.414. The van der Waals surface area contributed by atoms with Crippen LogP contribution in [0.15, 0.2) is 18.2 Å². The molecular formula is C11H14N4OS. The third-order valence-corrected chi connectivity index (χ3v) is 3.05. The Kier molecular flexibility index (Phi) is 3.43. The molecule has 0 spiro atoms. The lowest BCUT2D eigenvalue weighted by Crippen LogP contribution is -2.02. The van der Waals surface area contributed by atoms with Gasteiger partial charge in [-0.15, -0.1) is 0 Å². The molecule has 0 atom stereocenters. The standard InChI is InChI=1S/C11H14N4OS/c1-7-4-3-5-8(14-7)6-13-11-9(16-2)10(12)15-17-11/h3-5,13H,6H2,1-2H3,(H2,12,15). The van der Waals surface area contributed by atoms with E-state index in [4.69, 9.17) is 10.5 Å². The summed E-state index contributed by atoms with van der Waals surface area (Å²) < 4.78 is 9.20. The van der Waals surface area contributed by atoms with Crippen LogP contribution in [0.5, 0.6) is 5.75 Å². The van der Waals surface area contributed by atoms with E-state index in [9.17, 15) is 0 Å². The van der Waals surface area contributed by atoms with E-state index >= 15 is 0 Å². The van der Waals surface area contributed by atoms with Crippen LogP contribution in [0, 0.1) is 6.92 Å². The molecular weight excluding hydrogens is 236 g/mol. The second-order valence-electron chi connectivity index (χ2n) is 3.55. The van der Waals surface area contributed by atoms with Crippen molar-refractivity contribution in [2.24, 2.45) is 0 Å². The van der Waals surface area contributed by atoms with Crippen LogP contribution in [-0.4, -0.2) is 16.5 Å². The van der Waals surface area contributed by atoms with Crippen LogP contribution in [-0.2, 0) is 6.54 Å². The molecule has 2 aromatic heterocycles. The first kappa shape index (κ1) is 11.7. The summed E-state index contributed by atoms with van der Waals surface area (Å²) in [7, 11) is 1.58. The summed E-state index contributed by atoms with van der Waals surface area (Å²) in [6.07, 6.45) is 0. The fraction of sp³-hybridized carbons (Fsp3) is 0.273. The molecule has 5 nitrogen and oxygen atoms in total. The number of ether oxygens (including phenoxy) is 1. The number of methoxy groups -OCH3 is 1. The topological polar surface area (TPSA) is 73.1 Å². The fourth-order valence-electron chi connectivity index (χ4n) is 1.47. The predicted octanol–water partition coefficient (Wildman–Crippen LogP) is 2.05. The SMILES string of the molecule is COc1c(N)nsc1NCc1cccc(C)n1. The molecule has 0 aromatic carbocycles. The number of aryl methyl sites for hydroxylation is 1. The van der Waals surface area contributed by atoms with E-state index in [2.05, 4.69) is 14.7 Å². The molecule has 2 rings (SSSR count). The van der Waals surface area contributed by atoms with E-state index in [1.54, 1.807) is 7.11 Å². The summed E-state index contributed by atoms with van der Waals surface area (Å²) in [6.45, 7) is 2.59. The average molecular weight is 250 g/mol. The number of nitrogens with one attached hydrogen (secondary N) is 1. The van der Waals surface area contributed by atoms with Gasteiger partial charge in [0.15, 0.2) is 16.6 Å². The zero-order chi connectivity index (χ0) is 12.3. The number of anilines is 2. The Labute approximate surface area is 104 Å². The highest BCUT2D eigenvalue weighted by Gasteiger charge is 2.11. The van der Waals surface area contributed by atoms with Crippen molar-refractivity contribution in [3.8, 4) is 5.75 Å². The summed E-state index contributed by atoms with van der Waals surface area (Å²) >= 11 is 1.29. The van der Waals surface area contributed by atoms with Gasteiger partial charge in [0, 0.05) is 5.69 Å². The molecule has 0 unspecified atom stereocenters. The van der Waals surface area contributed by atoms with Gasteiger partial charge >= 0.3 is 0 Å². The molecule has 17 heavy (non-hydrogen) atoms. The van der Waals surface area contributed by atoms with Crippen molar-refractivity contribution in [3.63, 3.8) is 0 Å². The lowest BCUT2D eigenvalue weighted by molar-refractivity contribution is 0.419. The normalized spacial score (nSPS) is 10.2. The largest absolute Gasteiger partial charge is 0.490 e. The third kappa shape index (κ3) is 2.65. The number of rotatable bonds is 4. The highest BCUT2D eigenvalue weighted by Crippen LogP contribution is 2.34. The van der Waals surface area contributed by atoms with Crippen LogP contribution in [0.1, 0.15) is 11.4 Å². The maximum absolute atomic E-state index is 5.66. The second kappa shape index (κ2) is 5.01. The number of nitrogens with two attached hydrogens (primary N) is 1. The molecule has 0 radical (unpaired) electrons. The maximum Gasteiger partial charge on any atom is 0.197 e. The molecule has 0 aliphatic heterocycles. The number of pyridine rings is 1. The van der Waals surface area contributed by atoms with E-state index in [0.29, 0.717) is 18.1 Å². The van der Waals surface area contributed by atoms with Gasteiger partial charge in [-0.3, -0.25) is 4.98 Å². The van der Waals surface area contributed by atoms with Crippen LogP contribution in [0.2, 0.25) is 0 Å². The molecule has 90 valence electrons. The van der Waals surface area contributed by atoms with E-state index < -0.39 is 0 Å². The summed E-state index contributed by atoms with van der Waals surface area (Å²) in [5, 5.41) is 4.04. The molecule has 2 heterocycles.